The van der Waals surface area contributed by atoms with Crippen molar-refractivity contribution in [3.8, 4) is 11.1 Å². The molecule has 0 saturated heterocycles. The summed E-state index contributed by atoms with van der Waals surface area (Å²) in [6.45, 7) is 0. The third-order valence-corrected chi connectivity index (χ3v) is 6.44. The Labute approximate surface area is 199 Å². The molecular weight excluding hydrogens is 451 g/mol. The van der Waals surface area contributed by atoms with Crippen LogP contribution in [-0.4, -0.2) is 15.4 Å². The van der Waals surface area contributed by atoms with Crippen molar-refractivity contribution in [3.05, 3.63) is 118 Å². The van der Waals surface area contributed by atoms with Crippen LogP contribution >= 0.6 is 23.2 Å². The summed E-state index contributed by atoms with van der Waals surface area (Å²) in [7, 11) is 0. The first kappa shape index (κ1) is 20.0. The lowest BCUT2D eigenvalue weighted by atomic mass is 9.95. The summed E-state index contributed by atoms with van der Waals surface area (Å²) in [5, 5.41) is 8.02. The molecule has 0 bridgehead atoms. The molecule has 0 radical (unpaired) electrons. The Morgan fingerprint density at radius 2 is 1.30 bits per heavy atom. The molecule has 2 aromatic heterocycles. The number of halogens is 2. The van der Waals surface area contributed by atoms with E-state index in [1.807, 2.05) is 77.3 Å². The predicted octanol–water partition coefficient (Wildman–Crippen LogP) is 7.85. The molecule has 5 heteroatoms. The van der Waals surface area contributed by atoms with Gasteiger partial charge in [0.2, 0.25) is 0 Å². The molecule has 0 aliphatic rings. The van der Waals surface area contributed by atoms with Crippen molar-refractivity contribution in [1.82, 2.24) is 9.61 Å². The minimum Gasteiger partial charge on any atom is -0.289 e. The molecule has 0 N–H and O–H groups in total. The molecule has 0 fully saturated rings. The average Bonchev–Trinajstić information content (AvgIpc) is 3.17. The van der Waals surface area contributed by atoms with Gasteiger partial charge in [-0.3, -0.25) is 4.79 Å². The number of carbonyl (C=O) groups is 1. The highest BCUT2D eigenvalue weighted by Gasteiger charge is 2.24. The van der Waals surface area contributed by atoms with E-state index in [4.69, 9.17) is 28.3 Å². The van der Waals surface area contributed by atoms with E-state index in [1.54, 1.807) is 24.3 Å². The van der Waals surface area contributed by atoms with Crippen LogP contribution in [0.2, 0.25) is 10.0 Å². The molecule has 158 valence electrons. The number of carbonyl (C=O) groups excluding carboxylic acids is 1. The molecule has 0 amide bonds. The maximum absolute atomic E-state index is 13.9. The van der Waals surface area contributed by atoms with Crippen LogP contribution in [0.5, 0.6) is 0 Å². The molecule has 0 unspecified atom stereocenters. The topological polar surface area (TPSA) is 34.4 Å². The van der Waals surface area contributed by atoms with Gasteiger partial charge >= 0.3 is 0 Å². The van der Waals surface area contributed by atoms with Gasteiger partial charge in [0.05, 0.1) is 22.1 Å². The van der Waals surface area contributed by atoms with Crippen LogP contribution in [-0.2, 0) is 0 Å². The van der Waals surface area contributed by atoms with E-state index >= 15 is 0 Å². The van der Waals surface area contributed by atoms with Crippen LogP contribution in [0.4, 0.5) is 0 Å². The fraction of sp³-hybridized carbons (Fsp3) is 0. The number of benzene rings is 4. The Hall–Kier alpha value is -3.66. The van der Waals surface area contributed by atoms with Gasteiger partial charge in [-0.15, -0.1) is 0 Å². The molecule has 0 atom stereocenters. The molecule has 0 aliphatic carbocycles. The molecule has 0 saturated carbocycles. The SMILES string of the molecule is O=C(c1ccc(Cl)cc1)c1c2ccccc2n2nc3ccccc3c(-c3ccc(Cl)cc3)c12. The second-order valence-electron chi connectivity index (χ2n) is 7.89. The molecule has 6 aromatic rings. The molecule has 6 rings (SSSR count). The van der Waals surface area contributed by atoms with E-state index < -0.39 is 0 Å². The van der Waals surface area contributed by atoms with Crippen molar-refractivity contribution >= 4 is 56.3 Å². The Morgan fingerprint density at radius 3 is 2.03 bits per heavy atom. The summed E-state index contributed by atoms with van der Waals surface area (Å²) < 4.78 is 1.89. The highest BCUT2D eigenvalue weighted by molar-refractivity contribution is 6.31. The van der Waals surface area contributed by atoms with Crippen molar-refractivity contribution < 1.29 is 4.79 Å². The first-order valence-electron chi connectivity index (χ1n) is 10.5. The third-order valence-electron chi connectivity index (χ3n) is 5.93. The molecular formula is C28H16Cl2N2O. The number of hydrogen-bond acceptors (Lipinski definition) is 2. The lowest BCUT2D eigenvalue weighted by Gasteiger charge is -2.12. The minimum absolute atomic E-state index is 0.0716. The number of fused-ring (bicyclic) bond motifs is 4. The van der Waals surface area contributed by atoms with Gasteiger partial charge in [-0.2, -0.15) is 5.10 Å². The summed E-state index contributed by atoms with van der Waals surface area (Å²) in [6.07, 6.45) is 0. The molecule has 0 spiro atoms. The van der Waals surface area contributed by atoms with Gasteiger partial charge in [-0.1, -0.05) is 71.7 Å². The maximum Gasteiger partial charge on any atom is 0.195 e. The fourth-order valence-electron chi connectivity index (χ4n) is 4.45. The van der Waals surface area contributed by atoms with Crippen LogP contribution < -0.4 is 0 Å². The van der Waals surface area contributed by atoms with Gasteiger partial charge in [-0.05, 0) is 54.1 Å². The molecule has 0 aliphatic heterocycles. The van der Waals surface area contributed by atoms with Gasteiger partial charge in [0.25, 0.3) is 0 Å². The van der Waals surface area contributed by atoms with E-state index in [0.29, 0.717) is 21.2 Å². The second-order valence-corrected chi connectivity index (χ2v) is 8.76. The first-order valence-corrected chi connectivity index (χ1v) is 11.3. The smallest absolute Gasteiger partial charge is 0.195 e. The van der Waals surface area contributed by atoms with Gasteiger partial charge in [0.15, 0.2) is 5.78 Å². The molecule has 2 heterocycles. The summed E-state index contributed by atoms with van der Waals surface area (Å²) >= 11 is 12.3. The van der Waals surface area contributed by atoms with E-state index in [-0.39, 0.29) is 5.78 Å². The van der Waals surface area contributed by atoms with Gasteiger partial charge in [0, 0.05) is 31.9 Å². The van der Waals surface area contributed by atoms with Crippen molar-refractivity contribution in [2.45, 2.75) is 0 Å². The highest BCUT2D eigenvalue weighted by atomic mass is 35.5. The number of nitrogens with zero attached hydrogens (tertiary/aromatic N) is 2. The molecule has 33 heavy (non-hydrogen) atoms. The van der Waals surface area contributed by atoms with Gasteiger partial charge < -0.3 is 0 Å². The number of para-hydroxylation sites is 1. The normalized spacial score (nSPS) is 11.5. The average molecular weight is 467 g/mol. The Bertz CT molecular complexity index is 1680. The zero-order chi connectivity index (χ0) is 22.5. The van der Waals surface area contributed by atoms with Crippen LogP contribution in [0, 0.1) is 0 Å². The number of hydrogen-bond donors (Lipinski definition) is 0. The number of aromatic nitrogens is 2. The summed E-state index contributed by atoms with van der Waals surface area (Å²) in [5.41, 5.74) is 5.62. The summed E-state index contributed by atoms with van der Waals surface area (Å²) in [6, 6.07) is 30.6. The maximum atomic E-state index is 13.9. The van der Waals surface area contributed by atoms with E-state index in [0.717, 1.165) is 38.4 Å². The quantitative estimate of drug-likeness (QED) is 0.249. The Morgan fingerprint density at radius 1 is 0.697 bits per heavy atom. The number of ketones is 1. The van der Waals surface area contributed by atoms with Gasteiger partial charge in [-0.25, -0.2) is 4.52 Å². The van der Waals surface area contributed by atoms with Crippen LogP contribution in [0.3, 0.4) is 0 Å². The lowest BCUT2D eigenvalue weighted by Crippen LogP contribution is -2.04. The third kappa shape index (κ3) is 3.20. The zero-order valence-electron chi connectivity index (χ0n) is 17.3. The highest BCUT2D eigenvalue weighted by Crippen LogP contribution is 2.39. The van der Waals surface area contributed by atoms with Crippen molar-refractivity contribution in [2.24, 2.45) is 0 Å². The minimum atomic E-state index is -0.0716. The van der Waals surface area contributed by atoms with E-state index in [9.17, 15) is 4.79 Å². The Kier molecular flexibility index (Phi) is 4.68. The lowest BCUT2D eigenvalue weighted by molar-refractivity contribution is 0.104. The van der Waals surface area contributed by atoms with Crippen molar-refractivity contribution in [3.63, 3.8) is 0 Å². The summed E-state index contributed by atoms with van der Waals surface area (Å²) in [5.74, 6) is -0.0716. The van der Waals surface area contributed by atoms with Crippen molar-refractivity contribution in [2.75, 3.05) is 0 Å². The van der Waals surface area contributed by atoms with Crippen LogP contribution in [0.25, 0.3) is 38.4 Å². The van der Waals surface area contributed by atoms with Crippen LogP contribution in [0.1, 0.15) is 15.9 Å². The second kappa shape index (κ2) is 7.73. The molecule has 4 aromatic carbocycles. The Balaban J connectivity index is 1.81. The fourth-order valence-corrected chi connectivity index (χ4v) is 4.70. The monoisotopic (exact) mass is 466 g/mol. The summed E-state index contributed by atoms with van der Waals surface area (Å²) in [4.78, 5) is 13.9. The largest absolute Gasteiger partial charge is 0.289 e. The number of rotatable bonds is 3. The van der Waals surface area contributed by atoms with Crippen molar-refractivity contribution in [1.29, 1.82) is 0 Å². The van der Waals surface area contributed by atoms with Gasteiger partial charge in [0.1, 0.15) is 0 Å². The van der Waals surface area contributed by atoms with Crippen LogP contribution in [0.15, 0.2) is 97.1 Å². The standard InChI is InChI=1S/C28H16Cl2N2O/c29-19-13-9-17(10-14-19)25-21-5-1-3-7-23(21)31-32-24-8-4-2-6-22(24)26(27(25)32)28(33)18-11-15-20(30)16-12-18/h1-16H. The zero-order valence-corrected chi connectivity index (χ0v) is 18.8. The molecule has 3 nitrogen and oxygen atoms in total. The first-order chi connectivity index (χ1) is 16.1. The van der Waals surface area contributed by atoms with E-state index in [2.05, 4.69) is 0 Å². The van der Waals surface area contributed by atoms with E-state index in [1.165, 1.54) is 0 Å². The predicted molar refractivity (Wildman–Crippen MR) is 136 cm³/mol.